The summed E-state index contributed by atoms with van der Waals surface area (Å²) >= 11 is 2.12. The van der Waals surface area contributed by atoms with E-state index in [0.717, 1.165) is 12.6 Å². The van der Waals surface area contributed by atoms with E-state index < -0.39 is 0 Å². The zero-order chi connectivity index (χ0) is 14.9. The first kappa shape index (κ1) is 15.2. The largest absolute Gasteiger partial charge is 0.370 e. The third kappa shape index (κ3) is 4.17. The van der Waals surface area contributed by atoms with Crippen LogP contribution in [0.25, 0.3) is 0 Å². The molecule has 3 heteroatoms. The first-order valence-electron chi connectivity index (χ1n) is 8.25. The van der Waals surface area contributed by atoms with Crippen molar-refractivity contribution in [1.82, 2.24) is 5.32 Å². The Hall–Kier alpha value is -0.670. The molecule has 1 heterocycles. The lowest BCUT2D eigenvalue weighted by Crippen LogP contribution is -2.27. The number of aryl methyl sites for hydroxylation is 1. The number of benzene rings is 1. The normalized spacial score (nSPS) is 22.1. The Morgan fingerprint density at radius 3 is 2.81 bits per heavy atom. The molecule has 2 fully saturated rings. The molecule has 1 aromatic carbocycles. The van der Waals surface area contributed by atoms with Crippen LogP contribution in [-0.2, 0) is 6.54 Å². The molecule has 1 saturated carbocycles. The van der Waals surface area contributed by atoms with E-state index in [1.807, 2.05) is 0 Å². The first-order chi connectivity index (χ1) is 10.0. The van der Waals surface area contributed by atoms with E-state index in [0.29, 0.717) is 4.75 Å². The maximum Gasteiger partial charge on any atom is 0.0396 e. The lowest BCUT2D eigenvalue weighted by atomic mass is 10.1. The van der Waals surface area contributed by atoms with Crippen LogP contribution in [0.2, 0.25) is 0 Å². The summed E-state index contributed by atoms with van der Waals surface area (Å²) in [5.74, 6) is 1.23. The molecule has 0 radical (unpaired) electrons. The van der Waals surface area contributed by atoms with Crippen molar-refractivity contribution >= 4 is 17.4 Å². The third-order valence-corrected chi connectivity index (χ3v) is 5.98. The molecule has 1 aliphatic carbocycles. The van der Waals surface area contributed by atoms with Crippen LogP contribution in [0.1, 0.15) is 44.2 Å². The van der Waals surface area contributed by atoms with E-state index in [1.165, 1.54) is 54.9 Å². The van der Waals surface area contributed by atoms with Crippen molar-refractivity contribution in [2.24, 2.45) is 0 Å². The van der Waals surface area contributed by atoms with Crippen molar-refractivity contribution in [2.45, 2.75) is 57.4 Å². The van der Waals surface area contributed by atoms with Crippen molar-refractivity contribution in [1.29, 1.82) is 0 Å². The second-order valence-corrected chi connectivity index (χ2v) is 8.92. The number of nitrogens with one attached hydrogen (secondary N) is 1. The van der Waals surface area contributed by atoms with Crippen LogP contribution >= 0.6 is 11.8 Å². The van der Waals surface area contributed by atoms with Gasteiger partial charge in [-0.2, -0.15) is 11.8 Å². The summed E-state index contributed by atoms with van der Waals surface area (Å²) in [6.45, 7) is 10.4. The Morgan fingerprint density at radius 1 is 1.29 bits per heavy atom. The number of hydrogen-bond donors (Lipinski definition) is 1. The molecule has 3 rings (SSSR count). The summed E-state index contributed by atoms with van der Waals surface area (Å²) < 4.78 is 0.427. The smallest absolute Gasteiger partial charge is 0.0396 e. The molecular weight excluding hydrogens is 276 g/mol. The summed E-state index contributed by atoms with van der Waals surface area (Å²) in [7, 11) is 0. The lowest BCUT2D eigenvalue weighted by molar-refractivity contribution is 0.637. The van der Waals surface area contributed by atoms with Gasteiger partial charge in [-0.25, -0.2) is 0 Å². The average Bonchev–Trinajstić information content (AvgIpc) is 3.25. The topological polar surface area (TPSA) is 15.3 Å². The van der Waals surface area contributed by atoms with Crippen molar-refractivity contribution < 1.29 is 0 Å². The van der Waals surface area contributed by atoms with Gasteiger partial charge in [-0.3, -0.25) is 0 Å². The maximum atomic E-state index is 3.60. The summed E-state index contributed by atoms with van der Waals surface area (Å²) in [5.41, 5.74) is 4.28. The molecule has 0 unspecified atom stereocenters. The molecule has 1 N–H and O–H groups in total. The first-order valence-corrected chi connectivity index (χ1v) is 9.24. The Labute approximate surface area is 133 Å². The summed E-state index contributed by atoms with van der Waals surface area (Å²) in [5, 5.41) is 3.60. The summed E-state index contributed by atoms with van der Waals surface area (Å²) in [6.07, 6.45) is 3.98. The zero-order valence-corrected chi connectivity index (χ0v) is 14.4. The van der Waals surface area contributed by atoms with E-state index in [-0.39, 0.29) is 0 Å². The second kappa shape index (κ2) is 6.21. The van der Waals surface area contributed by atoms with Crippen LogP contribution in [0.4, 0.5) is 5.69 Å². The zero-order valence-electron chi connectivity index (χ0n) is 13.6. The molecule has 116 valence electrons. The predicted molar refractivity (Wildman–Crippen MR) is 94.4 cm³/mol. The molecule has 1 saturated heterocycles. The van der Waals surface area contributed by atoms with E-state index in [1.54, 1.807) is 0 Å². The number of hydrogen-bond acceptors (Lipinski definition) is 3. The van der Waals surface area contributed by atoms with Crippen LogP contribution in [0.15, 0.2) is 18.2 Å². The predicted octanol–water partition coefficient (Wildman–Crippen LogP) is 3.97. The fourth-order valence-corrected chi connectivity index (χ4v) is 4.09. The van der Waals surface area contributed by atoms with E-state index >= 15 is 0 Å². The fraction of sp³-hybridized carbons (Fsp3) is 0.667. The fourth-order valence-electron chi connectivity index (χ4n) is 2.99. The van der Waals surface area contributed by atoms with E-state index in [9.17, 15) is 0 Å². The minimum absolute atomic E-state index is 0.427. The van der Waals surface area contributed by atoms with Gasteiger partial charge in [-0.1, -0.05) is 26.0 Å². The van der Waals surface area contributed by atoms with Gasteiger partial charge in [0.25, 0.3) is 0 Å². The Bertz CT molecular complexity index is 494. The van der Waals surface area contributed by atoms with Crippen LogP contribution < -0.4 is 10.2 Å². The summed E-state index contributed by atoms with van der Waals surface area (Å²) in [6, 6.07) is 7.80. The highest BCUT2D eigenvalue weighted by atomic mass is 32.2. The van der Waals surface area contributed by atoms with E-state index in [4.69, 9.17) is 0 Å². The number of thioether (sulfide) groups is 1. The Morgan fingerprint density at radius 2 is 2.10 bits per heavy atom. The van der Waals surface area contributed by atoms with Gasteiger partial charge in [-0.05, 0) is 43.4 Å². The van der Waals surface area contributed by atoms with Crippen LogP contribution in [-0.4, -0.2) is 29.6 Å². The molecule has 0 aromatic heterocycles. The molecular formula is C18H28N2S. The van der Waals surface area contributed by atoms with Gasteiger partial charge in [0.15, 0.2) is 0 Å². The molecule has 0 atom stereocenters. The molecule has 2 aliphatic rings. The van der Waals surface area contributed by atoms with Crippen molar-refractivity contribution in [2.75, 3.05) is 23.7 Å². The monoisotopic (exact) mass is 304 g/mol. The highest BCUT2D eigenvalue weighted by Gasteiger charge is 2.24. The van der Waals surface area contributed by atoms with E-state index in [2.05, 4.69) is 60.9 Å². The molecule has 2 nitrogen and oxygen atoms in total. The molecule has 1 aliphatic heterocycles. The van der Waals surface area contributed by atoms with Gasteiger partial charge in [0.1, 0.15) is 0 Å². The van der Waals surface area contributed by atoms with Crippen molar-refractivity contribution in [3.8, 4) is 0 Å². The average molecular weight is 305 g/mol. The Balaban J connectivity index is 1.66. The quantitative estimate of drug-likeness (QED) is 0.906. The number of rotatable bonds is 4. The number of anilines is 1. The SMILES string of the molecule is Cc1cc(CNC2CC2)ccc1N1CCSC(C)(C)CC1. The van der Waals surface area contributed by atoms with Gasteiger partial charge in [0.05, 0.1) is 0 Å². The number of nitrogens with zero attached hydrogens (tertiary/aromatic N) is 1. The highest BCUT2D eigenvalue weighted by Crippen LogP contribution is 2.33. The maximum absolute atomic E-state index is 3.60. The molecule has 21 heavy (non-hydrogen) atoms. The minimum atomic E-state index is 0.427. The standard InChI is InChI=1S/C18H28N2S/c1-14-12-15(13-19-16-5-6-16)4-7-17(14)20-9-8-18(2,3)21-11-10-20/h4,7,12,16,19H,5-6,8-11,13H2,1-3H3. The van der Waals surface area contributed by atoms with Crippen LogP contribution in [0, 0.1) is 6.92 Å². The van der Waals surface area contributed by atoms with Crippen molar-refractivity contribution in [3.05, 3.63) is 29.3 Å². The molecule has 0 spiro atoms. The van der Waals surface area contributed by atoms with Crippen LogP contribution in [0.3, 0.4) is 0 Å². The molecule has 1 aromatic rings. The van der Waals surface area contributed by atoms with Gasteiger partial charge >= 0.3 is 0 Å². The minimum Gasteiger partial charge on any atom is -0.370 e. The van der Waals surface area contributed by atoms with Gasteiger partial charge in [-0.15, -0.1) is 0 Å². The van der Waals surface area contributed by atoms with Gasteiger partial charge in [0, 0.05) is 41.9 Å². The Kier molecular flexibility index (Phi) is 4.51. The molecule has 0 amide bonds. The summed E-state index contributed by atoms with van der Waals surface area (Å²) in [4.78, 5) is 2.58. The molecule has 0 bridgehead atoms. The lowest BCUT2D eigenvalue weighted by Gasteiger charge is -2.26. The van der Waals surface area contributed by atoms with Crippen LogP contribution in [0.5, 0.6) is 0 Å². The highest BCUT2D eigenvalue weighted by molar-refractivity contribution is 8.00. The second-order valence-electron chi connectivity index (χ2n) is 7.12. The van der Waals surface area contributed by atoms with Crippen molar-refractivity contribution in [3.63, 3.8) is 0 Å². The van der Waals surface area contributed by atoms with Gasteiger partial charge in [0.2, 0.25) is 0 Å². The van der Waals surface area contributed by atoms with Gasteiger partial charge < -0.3 is 10.2 Å². The third-order valence-electron chi connectivity index (χ3n) is 4.61.